The SMILES string of the molecule is COc1ccc(Cn2c(CN3CCC[C@@H](C(=O)N4CCN(N)CC4)C3)nc3ccccc32)cc1. The maximum Gasteiger partial charge on any atom is 0.227 e. The van der Waals surface area contributed by atoms with Crippen LogP contribution in [0, 0.1) is 5.92 Å². The van der Waals surface area contributed by atoms with Crippen LogP contribution in [0.25, 0.3) is 11.0 Å². The van der Waals surface area contributed by atoms with E-state index in [0.717, 1.165) is 87.8 Å². The largest absolute Gasteiger partial charge is 0.497 e. The molecule has 5 rings (SSSR count). The van der Waals surface area contributed by atoms with Gasteiger partial charge in [-0.3, -0.25) is 15.5 Å². The zero-order valence-corrected chi connectivity index (χ0v) is 19.9. The molecule has 34 heavy (non-hydrogen) atoms. The number of hydrogen-bond donors (Lipinski definition) is 1. The molecule has 0 bridgehead atoms. The summed E-state index contributed by atoms with van der Waals surface area (Å²) in [7, 11) is 1.69. The second kappa shape index (κ2) is 10.1. The average Bonchev–Trinajstić information content (AvgIpc) is 3.21. The van der Waals surface area contributed by atoms with Crippen molar-refractivity contribution in [2.24, 2.45) is 11.8 Å². The molecule has 1 aromatic heterocycles. The third-order valence-electron chi connectivity index (χ3n) is 7.08. The predicted octanol–water partition coefficient (Wildman–Crippen LogP) is 2.32. The van der Waals surface area contributed by atoms with Gasteiger partial charge in [0.25, 0.3) is 0 Å². The number of aromatic nitrogens is 2. The number of carbonyl (C=O) groups is 1. The van der Waals surface area contributed by atoms with Gasteiger partial charge in [-0.2, -0.15) is 0 Å². The molecule has 8 heteroatoms. The highest BCUT2D eigenvalue weighted by atomic mass is 16.5. The highest BCUT2D eigenvalue weighted by Crippen LogP contribution is 2.24. The smallest absolute Gasteiger partial charge is 0.227 e. The van der Waals surface area contributed by atoms with Crippen molar-refractivity contribution in [3.05, 3.63) is 59.9 Å². The van der Waals surface area contributed by atoms with Gasteiger partial charge in [0, 0.05) is 39.3 Å². The summed E-state index contributed by atoms with van der Waals surface area (Å²) >= 11 is 0. The van der Waals surface area contributed by atoms with E-state index < -0.39 is 0 Å². The molecule has 0 radical (unpaired) electrons. The number of nitrogens with two attached hydrogens (primary N) is 1. The first-order chi connectivity index (χ1) is 16.6. The molecule has 180 valence electrons. The van der Waals surface area contributed by atoms with Crippen molar-refractivity contribution in [3.63, 3.8) is 0 Å². The van der Waals surface area contributed by atoms with E-state index >= 15 is 0 Å². The van der Waals surface area contributed by atoms with E-state index in [9.17, 15) is 4.79 Å². The number of amides is 1. The molecule has 1 amide bonds. The Bertz CT molecular complexity index is 1120. The van der Waals surface area contributed by atoms with E-state index in [4.69, 9.17) is 15.6 Å². The first kappa shape index (κ1) is 22.8. The average molecular weight is 463 g/mol. The number of hydrogen-bond acceptors (Lipinski definition) is 6. The Labute approximate surface area is 200 Å². The summed E-state index contributed by atoms with van der Waals surface area (Å²) < 4.78 is 7.62. The predicted molar refractivity (Wildman–Crippen MR) is 132 cm³/mol. The summed E-state index contributed by atoms with van der Waals surface area (Å²) in [6.07, 6.45) is 1.99. The summed E-state index contributed by atoms with van der Waals surface area (Å²) in [6.45, 7) is 6.21. The lowest BCUT2D eigenvalue weighted by Crippen LogP contribution is -2.54. The van der Waals surface area contributed by atoms with Crippen LogP contribution >= 0.6 is 0 Å². The minimum atomic E-state index is 0.0532. The number of carbonyl (C=O) groups excluding carboxylic acids is 1. The molecule has 2 aliphatic heterocycles. The molecule has 2 fully saturated rings. The number of methoxy groups -OCH3 is 1. The molecule has 0 unspecified atom stereocenters. The van der Waals surface area contributed by atoms with Crippen molar-refractivity contribution in [2.75, 3.05) is 46.4 Å². The zero-order valence-electron chi connectivity index (χ0n) is 19.9. The number of piperazine rings is 1. The fourth-order valence-corrected chi connectivity index (χ4v) is 5.14. The van der Waals surface area contributed by atoms with E-state index in [0.29, 0.717) is 0 Å². The van der Waals surface area contributed by atoms with Gasteiger partial charge in [-0.05, 0) is 49.2 Å². The minimum absolute atomic E-state index is 0.0532. The van der Waals surface area contributed by atoms with Crippen LogP contribution in [0.3, 0.4) is 0 Å². The molecular weight excluding hydrogens is 428 g/mol. The van der Waals surface area contributed by atoms with Gasteiger partial charge in [0.2, 0.25) is 5.91 Å². The number of para-hydroxylation sites is 2. The first-order valence-corrected chi connectivity index (χ1v) is 12.2. The van der Waals surface area contributed by atoms with Gasteiger partial charge in [-0.25, -0.2) is 9.99 Å². The zero-order chi connectivity index (χ0) is 23.5. The highest BCUT2D eigenvalue weighted by Gasteiger charge is 2.31. The molecule has 2 saturated heterocycles. The number of ether oxygens (including phenoxy) is 1. The highest BCUT2D eigenvalue weighted by molar-refractivity contribution is 5.79. The normalized spacial score (nSPS) is 20.1. The van der Waals surface area contributed by atoms with Crippen LogP contribution in [0.2, 0.25) is 0 Å². The fraction of sp³-hybridized carbons (Fsp3) is 0.462. The maximum absolute atomic E-state index is 13.2. The summed E-state index contributed by atoms with van der Waals surface area (Å²) in [5.74, 6) is 8.11. The quantitative estimate of drug-likeness (QED) is 0.567. The van der Waals surface area contributed by atoms with Crippen molar-refractivity contribution in [2.45, 2.75) is 25.9 Å². The van der Waals surface area contributed by atoms with Crippen LogP contribution < -0.4 is 10.6 Å². The number of piperidine rings is 1. The van der Waals surface area contributed by atoms with Gasteiger partial charge in [0.1, 0.15) is 11.6 Å². The Morgan fingerprint density at radius 3 is 2.56 bits per heavy atom. The fourth-order valence-electron chi connectivity index (χ4n) is 5.14. The summed E-state index contributed by atoms with van der Waals surface area (Å²) in [5.41, 5.74) is 3.35. The standard InChI is InChI=1S/C26H34N6O2/c1-34-22-10-8-20(9-11-22)17-32-24-7-3-2-6-23(24)28-25(32)19-29-12-4-5-21(18-29)26(33)30-13-15-31(27)16-14-30/h2-3,6-11,21H,4-5,12-19,27H2,1H3/t21-/m1/s1. The third kappa shape index (κ3) is 4.94. The molecule has 0 aliphatic carbocycles. The molecule has 3 aromatic rings. The topological polar surface area (TPSA) is 79.9 Å². The van der Waals surface area contributed by atoms with E-state index in [1.165, 1.54) is 5.56 Å². The van der Waals surface area contributed by atoms with Crippen LogP contribution in [-0.4, -0.2) is 76.6 Å². The molecule has 1 atom stereocenters. The van der Waals surface area contributed by atoms with Gasteiger partial charge in [0.15, 0.2) is 0 Å². The van der Waals surface area contributed by atoms with E-state index in [-0.39, 0.29) is 11.8 Å². The number of benzene rings is 2. The van der Waals surface area contributed by atoms with Gasteiger partial charge in [0.05, 0.1) is 30.6 Å². The number of likely N-dealkylation sites (tertiary alicyclic amines) is 1. The maximum atomic E-state index is 13.2. The lowest BCUT2D eigenvalue weighted by molar-refractivity contribution is -0.139. The number of imidazole rings is 1. The molecule has 8 nitrogen and oxygen atoms in total. The van der Waals surface area contributed by atoms with Gasteiger partial charge >= 0.3 is 0 Å². The van der Waals surface area contributed by atoms with Crippen molar-refractivity contribution in [3.8, 4) is 5.75 Å². The molecule has 0 spiro atoms. The molecule has 0 saturated carbocycles. The summed E-state index contributed by atoms with van der Waals surface area (Å²) in [6, 6.07) is 16.5. The first-order valence-electron chi connectivity index (χ1n) is 12.2. The Morgan fingerprint density at radius 1 is 1.03 bits per heavy atom. The summed E-state index contributed by atoms with van der Waals surface area (Å²) in [4.78, 5) is 22.6. The lowest BCUT2D eigenvalue weighted by Gasteiger charge is -2.37. The number of rotatable bonds is 6. The molecule has 2 aliphatic rings. The number of nitrogens with zero attached hydrogens (tertiary/aromatic N) is 5. The number of hydrazine groups is 1. The molecule has 3 heterocycles. The van der Waals surface area contributed by atoms with Crippen LogP contribution in [0.5, 0.6) is 5.75 Å². The monoisotopic (exact) mass is 462 g/mol. The van der Waals surface area contributed by atoms with Crippen LogP contribution in [0.1, 0.15) is 24.2 Å². The van der Waals surface area contributed by atoms with Crippen molar-refractivity contribution < 1.29 is 9.53 Å². The lowest BCUT2D eigenvalue weighted by atomic mass is 9.96. The third-order valence-corrected chi connectivity index (χ3v) is 7.08. The Kier molecular flexibility index (Phi) is 6.80. The Morgan fingerprint density at radius 2 is 1.79 bits per heavy atom. The Hall–Kier alpha value is -2.94. The van der Waals surface area contributed by atoms with E-state index in [1.54, 1.807) is 12.1 Å². The van der Waals surface area contributed by atoms with Crippen LogP contribution in [0.4, 0.5) is 0 Å². The van der Waals surface area contributed by atoms with Crippen LogP contribution in [0.15, 0.2) is 48.5 Å². The molecule has 2 aromatic carbocycles. The van der Waals surface area contributed by atoms with E-state index in [2.05, 4.69) is 39.8 Å². The van der Waals surface area contributed by atoms with Gasteiger partial charge < -0.3 is 14.2 Å². The molecule has 2 N–H and O–H groups in total. The second-order valence-corrected chi connectivity index (χ2v) is 9.39. The number of fused-ring (bicyclic) bond motifs is 1. The van der Waals surface area contributed by atoms with Gasteiger partial charge in [-0.1, -0.05) is 24.3 Å². The minimum Gasteiger partial charge on any atom is -0.497 e. The summed E-state index contributed by atoms with van der Waals surface area (Å²) in [5, 5.41) is 1.80. The Balaban J connectivity index is 1.32. The second-order valence-electron chi connectivity index (χ2n) is 9.39. The molecular formula is C26H34N6O2. The van der Waals surface area contributed by atoms with Gasteiger partial charge in [-0.15, -0.1) is 0 Å². The van der Waals surface area contributed by atoms with Crippen molar-refractivity contribution in [1.82, 2.24) is 24.4 Å². The van der Waals surface area contributed by atoms with E-state index in [1.807, 2.05) is 23.1 Å². The van der Waals surface area contributed by atoms with Crippen molar-refractivity contribution >= 4 is 16.9 Å². The van der Waals surface area contributed by atoms with Crippen LogP contribution in [-0.2, 0) is 17.9 Å². The van der Waals surface area contributed by atoms with Crippen molar-refractivity contribution in [1.29, 1.82) is 0 Å².